The maximum absolute atomic E-state index is 15.9. The van der Waals surface area contributed by atoms with Crippen molar-refractivity contribution in [3.8, 4) is 0 Å². The molecule has 0 heterocycles. The molecule has 32 heavy (non-hydrogen) atoms. The van der Waals surface area contributed by atoms with Gasteiger partial charge in [0.2, 0.25) is 0 Å². The van der Waals surface area contributed by atoms with Crippen LogP contribution in [0.15, 0.2) is 11.1 Å². The summed E-state index contributed by atoms with van der Waals surface area (Å²) in [7, 11) is 0. The molecule has 2 nitrogen and oxygen atoms in total. The Hall–Kier alpha value is -0.860. The molecule has 0 aromatic carbocycles. The summed E-state index contributed by atoms with van der Waals surface area (Å²) in [6.45, 7) is 13.3. The van der Waals surface area contributed by atoms with Gasteiger partial charge in [-0.15, -0.1) is 0 Å². The van der Waals surface area contributed by atoms with Crippen LogP contribution in [0.4, 0.5) is 4.39 Å². The van der Waals surface area contributed by atoms with Crippen LogP contribution in [-0.4, -0.2) is 18.2 Å². The Balaban J connectivity index is 1.53. The smallest absolute Gasteiger partial charge is 0.302 e. The second kappa shape index (κ2) is 9.06. The number of carbonyl (C=O) groups excluding carboxylic acids is 1. The minimum Gasteiger partial charge on any atom is -0.463 e. The third-order valence-corrected chi connectivity index (χ3v) is 10.4. The van der Waals surface area contributed by atoms with E-state index in [1.165, 1.54) is 57.4 Å². The van der Waals surface area contributed by atoms with Gasteiger partial charge in [-0.25, -0.2) is 4.39 Å². The molecule has 0 unspecified atom stereocenters. The molecule has 0 aromatic heterocycles. The maximum Gasteiger partial charge on any atom is 0.302 e. The van der Waals surface area contributed by atoms with E-state index >= 15 is 4.39 Å². The lowest BCUT2D eigenvalue weighted by Crippen LogP contribution is -2.49. The van der Waals surface area contributed by atoms with Crippen molar-refractivity contribution in [2.75, 3.05) is 0 Å². The lowest BCUT2D eigenvalue weighted by atomic mass is 9.51. The second-order valence-corrected chi connectivity index (χ2v) is 12.8. The van der Waals surface area contributed by atoms with Crippen LogP contribution in [0.1, 0.15) is 112 Å². The van der Waals surface area contributed by atoms with Crippen LogP contribution in [-0.2, 0) is 9.53 Å². The number of carbonyl (C=O) groups is 1. The zero-order valence-corrected chi connectivity index (χ0v) is 21.5. The van der Waals surface area contributed by atoms with Crippen molar-refractivity contribution >= 4 is 5.97 Å². The fourth-order valence-corrected chi connectivity index (χ4v) is 8.77. The SMILES string of the molecule is CC(=O)O[C@H]1CCC2=C3CC[C@]4(C)[C@@H]([C@H](C)CCCC(C)C)CC[C@H]4[C@@H]3C[C@@H](F)[C@]2(C)C1. The molecule has 0 spiro atoms. The summed E-state index contributed by atoms with van der Waals surface area (Å²) in [5.41, 5.74) is 2.99. The summed E-state index contributed by atoms with van der Waals surface area (Å²) >= 11 is 0. The van der Waals surface area contributed by atoms with Crippen molar-refractivity contribution < 1.29 is 13.9 Å². The predicted molar refractivity (Wildman–Crippen MR) is 129 cm³/mol. The fourth-order valence-electron chi connectivity index (χ4n) is 8.77. The van der Waals surface area contributed by atoms with Crippen LogP contribution in [0, 0.1) is 40.4 Å². The fraction of sp³-hybridized carbons (Fsp3) is 0.897. The van der Waals surface area contributed by atoms with E-state index in [1.54, 1.807) is 5.57 Å². The number of hydrogen-bond acceptors (Lipinski definition) is 2. The lowest BCUT2D eigenvalue weighted by Gasteiger charge is -2.55. The monoisotopic (exact) mass is 446 g/mol. The average Bonchev–Trinajstić information content (AvgIpc) is 3.05. The van der Waals surface area contributed by atoms with Gasteiger partial charge in [-0.05, 0) is 86.4 Å². The van der Waals surface area contributed by atoms with Gasteiger partial charge in [-0.2, -0.15) is 0 Å². The number of fused-ring (bicyclic) bond motifs is 4. The minimum atomic E-state index is -0.811. The Morgan fingerprint density at radius 2 is 1.88 bits per heavy atom. The van der Waals surface area contributed by atoms with E-state index in [-0.39, 0.29) is 12.1 Å². The van der Waals surface area contributed by atoms with Crippen LogP contribution in [0.2, 0.25) is 0 Å². The third-order valence-electron chi connectivity index (χ3n) is 10.4. The predicted octanol–water partition coefficient (Wildman–Crippen LogP) is 8.05. The van der Waals surface area contributed by atoms with Gasteiger partial charge in [0.15, 0.2) is 0 Å². The quantitative estimate of drug-likeness (QED) is 0.305. The molecule has 3 fully saturated rings. The zero-order valence-electron chi connectivity index (χ0n) is 21.5. The molecule has 8 atom stereocenters. The van der Waals surface area contributed by atoms with E-state index in [2.05, 4.69) is 34.6 Å². The molecule has 4 aliphatic rings. The highest BCUT2D eigenvalue weighted by atomic mass is 19.1. The Morgan fingerprint density at radius 3 is 2.56 bits per heavy atom. The lowest BCUT2D eigenvalue weighted by molar-refractivity contribution is -0.150. The van der Waals surface area contributed by atoms with E-state index in [0.29, 0.717) is 30.1 Å². The van der Waals surface area contributed by atoms with Crippen molar-refractivity contribution in [2.45, 2.75) is 124 Å². The van der Waals surface area contributed by atoms with E-state index in [9.17, 15) is 4.79 Å². The van der Waals surface area contributed by atoms with E-state index in [1.807, 2.05) is 0 Å². The van der Waals surface area contributed by atoms with Crippen molar-refractivity contribution in [1.82, 2.24) is 0 Å². The summed E-state index contributed by atoms with van der Waals surface area (Å²) < 4.78 is 21.4. The molecule has 182 valence electrons. The summed E-state index contributed by atoms with van der Waals surface area (Å²) in [4.78, 5) is 11.5. The Morgan fingerprint density at radius 1 is 1.12 bits per heavy atom. The number of rotatable bonds is 6. The van der Waals surface area contributed by atoms with E-state index < -0.39 is 11.6 Å². The summed E-state index contributed by atoms with van der Waals surface area (Å²) in [6, 6.07) is 0. The number of alkyl halides is 1. The second-order valence-electron chi connectivity index (χ2n) is 12.8. The van der Waals surface area contributed by atoms with Crippen molar-refractivity contribution in [1.29, 1.82) is 0 Å². The number of esters is 1. The van der Waals surface area contributed by atoms with Crippen molar-refractivity contribution in [3.63, 3.8) is 0 Å². The largest absolute Gasteiger partial charge is 0.463 e. The normalized spacial score (nSPS) is 42.3. The van der Waals surface area contributed by atoms with Gasteiger partial charge in [-0.1, -0.05) is 65.0 Å². The molecule has 0 amide bonds. The van der Waals surface area contributed by atoms with Crippen LogP contribution in [0.3, 0.4) is 0 Å². The van der Waals surface area contributed by atoms with Crippen LogP contribution < -0.4 is 0 Å². The van der Waals surface area contributed by atoms with Crippen molar-refractivity contribution in [2.24, 2.45) is 40.4 Å². The van der Waals surface area contributed by atoms with Gasteiger partial charge in [0.25, 0.3) is 0 Å². The average molecular weight is 447 g/mol. The van der Waals surface area contributed by atoms with Crippen LogP contribution in [0.5, 0.6) is 0 Å². The van der Waals surface area contributed by atoms with Crippen LogP contribution in [0.25, 0.3) is 0 Å². The Bertz CT molecular complexity index is 741. The summed E-state index contributed by atoms with van der Waals surface area (Å²) in [5, 5.41) is 0. The Kier molecular flexibility index (Phi) is 6.87. The molecule has 0 N–H and O–H groups in total. The molecule has 3 heteroatoms. The van der Waals surface area contributed by atoms with Gasteiger partial charge in [0.1, 0.15) is 12.3 Å². The Labute approximate surface area is 196 Å². The highest BCUT2D eigenvalue weighted by molar-refractivity contribution is 5.66. The third kappa shape index (κ3) is 4.20. The molecule has 3 saturated carbocycles. The molecule has 0 bridgehead atoms. The number of hydrogen-bond donors (Lipinski definition) is 0. The van der Waals surface area contributed by atoms with E-state index in [4.69, 9.17) is 4.74 Å². The highest BCUT2D eigenvalue weighted by Crippen LogP contribution is 2.66. The number of ether oxygens (including phenoxy) is 1. The first kappa shape index (κ1) is 24.3. The van der Waals surface area contributed by atoms with Gasteiger partial charge in [-0.3, -0.25) is 4.79 Å². The molecule has 0 radical (unpaired) electrons. The number of halogens is 1. The van der Waals surface area contributed by atoms with Gasteiger partial charge >= 0.3 is 5.97 Å². The first-order valence-electron chi connectivity index (χ1n) is 13.6. The molecular weight excluding hydrogens is 399 g/mol. The van der Waals surface area contributed by atoms with Gasteiger partial charge in [0.05, 0.1) is 0 Å². The topological polar surface area (TPSA) is 26.3 Å². The van der Waals surface area contributed by atoms with Gasteiger partial charge in [0, 0.05) is 12.3 Å². The zero-order chi connectivity index (χ0) is 23.3. The van der Waals surface area contributed by atoms with E-state index in [0.717, 1.165) is 30.6 Å². The summed E-state index contributed by atoms with van der Waals surface area (Å²) in [5.74, 6) is 3.26. The molecule has 0 aromatic rings. The first-order valence-corrected chi connectivity index (χ1v) is 13.6. The molecular formula is C29H47FO2. The molecule has 4 rings (SSSR count). The first-order chi connectivity index (χ1) is 15.1. The molecule has 0 aliphatic heterocycles. The number of allylic oxidation sites excluding steroid dienone is 2. The van der Waals surface area contributed by atoms with Crippen molar-refractivity contribution in [3.05, 3.63) is 11.1 Å². The van der Waals surface area contributed by atoms with Gasteiger partial charge < -0.3 is 4.74 Å². The minimum absolute atomic E-state index is 0.118. The summed E-state index contributed by atoms with van der Waals surface area (Å²) in [6.07, 6.45) is 11.3. The molecule has 4 aliphatic carbocycles. The highest BCUT2D eigenvalue weighted by Gasteiger charge is 2.58. The standard InChI is InChI=1S/C29H47FO2/c1-18(2)8-7-9-19(3)24-12-13-26-23-16-27(30)29(6)17-21(32-20(4)31)10-11-25(29)22(23)14-15-28(24,26)5/h18-19,21,23-24,26-27H,7-17H2,1-6H3/t19-,21+,23-,24-,26+,27-,28-,29-/m1/s1. The molecule has 0 saturated heterocycles. The maximum atomic E-state index is 15.9. The van der Waals surface area contributed by atoms with Crippen LogP contribution >= 0.6 is 0 Å².